The molecule has 2 rings (SSSR count). The zero-order chi connectivity index (χ0) is 14.9. The average Bonchev–Trinajstić information content (AvgIpc) is 2.36. The molecule has 0 spiro atoms. The minimum absolute atomic E-state index is 0.141. The predicted molar refractivity (Wildman–Crippen MR) is 73.5 cm³/mol. The molecule has 0 atom stereocenters. The summed E-state index contributed by atoms with van der Waals surface area (Å²) < 4.78 is 53.4. The number of anilines is 2. The third kappa shape index (κ3) is 2.88. The van der Waals surface area contributed by atoms with Gasteiger partial charge in [-0.2, -0.15) is 0 Å². The minimum atomic E-state index is -4.31. The summed E-state index contributed by atoms with van der Waals surface area (Å²) in [4.78, 5) is 2.90. The smallest absolute Gasteiger partial charge is 0.265 e. The van der Waals surface area contributed by atoms with Gasteiger partial charge in [0.05, 0.1) is 10.2 Å². The topological polar surface area (TPSA) is 85.1 Å². The standard InChI is InChI=1S/C11H8BrF2N3O2S/c12-7-5-16-2-1-9(7)17-20(18,19)10-4-6(15)3-8(13)11(10)14/h1-5H,15H2,(H,16,17). The van der Waals surface area contributed by atoms with Crippen LogP contribution in [0.5, 0.6) is 0 Å². The van der Waals surface area contributed by atoms with Crippen LogP contribution < -0.4 is 10.5 Å². The van der Waals surface area contributed by atoms with Crippen molar-refractivity contribution in [1.29, 1.82) is 0 Å². The number of nitrogen functional groups attached to an aromatic ring is 1. The quantitative estimate of drug-likeness (QED) is 0.820. The molecular formula is C11H8BrF2N3O2S. The average molecular weight is 364 g/mol. The third-order valence-corrected chi connectivity index (χ3v) is 4.32. The fraction of sp³-hybridized carbons (Fsp3) is 0. The first-order valence-electron chi connectivity index (χ1n) is 5.18. The highest BCUT2D eigenvalue weighted by molar-refractivity contribution is 9.10. The van der Waals surface area contributed by atoms with Gasteiger partial charge in [-0.05, 0) is 34.1 Å². The van der Waals surface area contributed by atoms with E-state index in [1.54, 1.807) is 0 Å². The van der Waals surface area contributed by atoms with Crippen LogP contribution in [0, 0.1) is 11.6 Å². The fourth-order valence-corrected chi connectivity index (χ4v) is 3.12. The molecule has 0 aliphatic heterocycles. The first-order chi connectivity index (χ1) is 9.31. The van der Waals surface area contributed by atoms with Gasteiger partial charge in [0.15, 0.2) is 11.6 Å². The summed E-state index contributed by atoms with van der Waals surface area (Å²) in [6.07, 6.45) is 2.70. The monoisotopic (exact) mass is 363 g/mol. The van der Waals surface area contributed by atoms with Crippen LogP contribution in [0.15, 0.2) is 40.0 Å². The van der Waals surface area contributed by atoms with Crippen LogP contribution in [-0.2, 0) is 10.0 Å². The van der Waals surface area contributed by atoms with Gasteiger partial charge in [-0.15, -0.1) is 0 Å². The molecule has 0 aliphatic rings. The third-order valence-electron chi connectivity index (χ3n) is 2.32. The van der Waals surface area contributed by atoms with Crippen molar-refractivity contribution in [2.75, 3.05) is 10.5 Å². The van der Waals surface area contributed by atoms with Crippen LogP contribution in [-0.4, -0.2) is 13.4 Å². The van der Waals surface area contributed by atoms with E-state index in [0.29, 0.717) is 10.5 Å². The van der Waals surface area contributed by atoms with Crippen molar-refractivity contribution in [3.63, 3.8) is 0 Å². The molecule has 1 heterocycles. The van der Waals surface area contributed by atoms with Gasteiger partial charge in [0.1, 0.15) is 4.90 Å². The Bertz CT molecular complexity index is 768. The number of sulfonamides is 1. The predicted octanol–water partition coefficient (Wildman–Crippen LogP) is 2.51. The van der Waals surface area contributed by atoms with E-state index in [1.165, 1.54) is 18.5 Å². The maximum Gasteiger partial charge on any atom is 0.265 e. The Hall–Kier alpha value is -1.74. The van der Waals surface area contributed by atoms with Gasteiger partial charge in [0, 0.05) is 18.1 Å². The lowest BCUT2D eigenvalue weighted by Gasteiger charge is -2.11. The fourth-order valence-electron chi connectivity index (χ4n) is 1.44. The Labute approximate surface area is 122 Å². The maximum absolute atomic E-state index is 13.6. The van der Waals surface area contributed by atoms with Crippen molar-refractivity contribution in [3.8, 4) is 0 Å². The van der Waals surface area contributed by atoms with Crippen molar-refractivity contribution < 1.29 is 17.2 Å². The van der Waals surface area contributed by atoms with Gasteiger partial charge >= 0.3 is 0 Å². The van der Waals surface area contributed by atoms with Crippen molar-refractivity contribution >= 4 is 37.3 Å². The molecule has 0 bridgehead atoms. The highest BCUT2D eigenvalue weighted by Crippen LogP contribution is 2.26. The highest BCUT2D eigenvalue weighted by atomic mass is 79.9. The molecule has 0 radical (unpaired) electrons. The summed E-state index contributed by atoms with van der Waals surface area (Å²) in [6.45, 7) is 0. The molecule has 3 N–H and O–H groups in total. The van der Waals surface area contributed by atoms with Gasteiger partial charge in [-0.25, -0.2) is 17.2 Å². The molecule has 5 nitrogen and oxygen atoms in total. The molecule has 0 aliphatic carbocycles. The molecule has 0 amide bonds. The number of nitrogens with one attached hydrogen (secondary N) is 1. The Morgan fingerprint density at radius 3 is 2.65 bits per heavy atom. The number of pyridine rings is 1. The lowest BCUT2D eigenvalue weighted by atomic mass is 10.3. The second-order valence-electron chi connectivity index (χ2n) is 3.78. The molecule has 9 heteroatoms. The van der Waals surface area contributed by atoms with Gasteiger partial charge in [0.25, 0.3) is 10.0 Å². The van der Waals surface area contributed by atoms with E-state index in [0.717, 1.165) is 6.07 Å². The van der Waals surface area contributed by atoms with E-state index < -0.39 is 26.6 Å². The molecule has 0 fully saturated rings. The first kappa shape index (κ1) is 14.7. The van der Waals surface area contributed by atoms with Crippen LogP contribution in [0.2, 0.25) is 0 Å². The molecule has 20 heavy (non-hydrogen) atoms. The molecule has 0 saturated carbocycles. The van der Waals surface area contributed by atoms with E-state index in [9.17, 15) is 17.2 Å². The van der Waals surface area contributed by atoms with E-state index in [-0.39, 0.29) is 11.4 Å². The molecule has 1 aromatic heterocycles. The number of aromatic nitrogens is 1. The zero-order valence-corrected chi connectivity index (χ0v) is 12.2. The van der Waals surface area contributed by atoms with Crippen LogP contribution in [0.1, 0.15) is 0 Å². The first-order valence-corrected chi connectivity index (χ1v) is 7.46. The van der Waals surface area contributed by atoms with E-state index in [2.05, 4.69) is 25.6 Å². The Balaban J connectivity index is 2.49. The van der Waals surface area contributed by atoms with Crippen molar-refractivity contribution in [2.24, 2.45) is 0 Å². The van der Waals surface area contributed by atoms with Crippen molar-refractivity contribution in [2.45, 2.75) is 4.90 Å². The minimum Gasteiger partial charge on any atom is -0.399 e. The van der Waals surface area contributed by atoms with Crippen molar-refractivity contribution in [3.05, 3.63) is 46.7 Å². The highest BCUT2D eigenvalue weighted by Gasteiger charge is 2.23. The molecule has 106 valence electrons. The maximum atomic E-state index is 13.6. The van der Waals surface area contributed by atoms with Gasteiger partial charge < -0.3 is 5.73 Å². The molecule has 1 aromatic carbocycles. The second-order valence-corrected chi connectivity index (χ2v) is 6.28. The number of nitrogens with zero attached hydrogens (tertiary/aromatic N) is 1. The zero-order valence-electron chi connectivity index (χ0n) is 9.77. The van der Waals surface area contributed by atoms with E-state index >= 15 is 0 Å². The number of rotatable bonds is 3. The summed E-state index contributed by atoms with van der Waals surface area (Å²) in [5, 5.41) is 0. The number of nitrogens with two attached hydrogens (primary N) is 1. The number of halogens is 3. The number of hydrogen-bond acceptors (Lipinski definition) is 4. The molecule has 0 saturated heterocycles. The molecule has 0 unspecified atom stereocenters. The lowest BCUT2D eigenvalue weighted by Crippen LogP contribution is -2.16. The summed E-state index contributed by atoms with van der Waals surface area (Å²) in [7, 11) is -4.31. The van der Waals surface area contributed by atoms with Gasteiger partial charge in [-0.3, -0.25) is 9.71 Å². The Kier molecular flexibility index (Phi) is 3.91. The largest absolute Gasteiger partial charge is 0.399 e. The van der Waals surface area contributed by atoms with Gasteiger partial charge in [-0.1, -0.05) is 0 Å². The SMILES string of the molecule is Nc1cc(F)c(F)c(S(=O)(=O)Nc2ccncc2Br)c1. The van der Waals surface area contributed by atoms with E-state index in [4.69, 9.17) is 5.73 Å². The number of benzene rings is 1. The summed E-state index contributed by atoms with van der Waals surface area (Å²) in [5.41, 5.74) is 5.27. The summed E-state index contributed by atoms with van der Waals surface area (Å²) >= 11 is 3.09. The van der Waals surface area contributed by atoms with E-state index in [1.807, 2.05) is 0 Å². The van der Waals surface area contributed by atoms with Crippen LogP contribution >= 0.6 is 15.9 Å². The van der Waals surface area contributed by atoms with Crippen LogP contribution in [0.4, 0.5) is 20.2 Å². The van der Waals surface area contributed by atoms with Gasteiger partial charge in [0.2, 0.25) is 0 Å². The van der Waals surface area contributed by atoms with Crippen LogP contribution in [0.3, 0.4) is 0 Å². The Morgan fingerprint density at radius 1 is 1.30 bits per heavy atom. The second kappa shape index (κ2) is 5.33. The summed E-state index contributed by atoms with van der Waals surface area (Å²) in [6, 6.07) is 2.91. The Morgan fingerprint density at radius 2 is 2.00 bits per heavy atom. The number of hydrogen-bond donors (Lipinski definition) is 2. The molecular weight excluding hydrogens is 356 g/mol. The van der Waals surface area contributed by atoms with Crippen molar-refractivity contribution in [1.82, 2.24) is 4.98 Å². The lowest BCUT2D eigenvalue weighted by molar-refractivity contribution is 0.486. The summed E-state index contributed by atoms with van der Waals surface area (Å²) in [5.74, 6) is -2.82. The normalized spacial score (nSPS) is 11.3. The molecule has 2 aromatic rings. The van der Waals surface area contributed by atoms with Crippen LogP contribution in [0.25, 0.3) is 0 Å².